The second kappa shape index (κ2) is 7.83. The highest BCUT2D eigenvalue weighted by Gasteiger charge is 2.38. The lowest BCUT2D eigenvalue weighted by Crippen LogP contribution is -2.43. The van der Waals surface area contributed by atoms with Gasteiger partial charge >= 0.3 is 0 Å². The minimum atomic E-state index is 0.120. The predicted molar refractivity (Wildman–Crippen MR) is 107 cm³/mol. The summed E-state index contributed by atoms with van der Waals surface area (Å²) < 4.78 is 6.10. The zero-order valence-electron chi connectivity index (χ0n) is 16.2. The third-order valence-corrected chi connectivity index (χ3v) is 5.81. The average molecular weight is 364 g/mol. The van der Waals surface area contributed by atoms with Crippen molar-refractivity contribution in [3.05, 3.63) is 70.8 Å². The molecule has 142 valence electrons. The fourth-order valence-electron chi connectivity index (χ4n) is 4.29. The number of benzene rings is 2. The second-order valence-electron chi connectivity index (χ2n) is 7.95. The maximum absolute atomic E-state index is 12.6. The first kappa shape index (κ1) is 18.2. The van der Waals surface area contributed by atoms with Crippen LogP contribution in [0.15, 0.2) is 48.5 Å². The molecular weight excluding hydrogens is 336 g/mol. The molecule has 2 saturated heterocycles. The lowest BCUT2D eigenvalue weighted by atomic mass is 10.0. The number of hydrogen-bond donors (Lipinski definition) is 1. The Labute approximate surface area is 161 Å². The molecule has 0 bridgehead atoms. The molecule has 1 amide bonds. The highest BCUT2D eigenvalue weighted by molar-refractivity contribution is 5.79. The van der Waals surface area contributed by atoms with Crippen LogP contribution in [0.25, 0.3) is 0 Å². The molecule has 4 heteroatoms. The molecule has 2 aliphatic heterocycles. The molecule has 2 aromatic rings. The number of rotatable bonds is 4. The number of ether oxygens (including phenoxy) is 1. The van der Waals surface area contributed by atoms with Crippen molar-refractivity contribution in [2.24, 2.45) is 0 Å². The number of morpholine rings is 1. The summed E-state index contributed by atoms with van der Waals surface area (Å²) in [5.74, 6) is 0.120. The van der Waals surface area contributed by atoms with Gasteiger partial charge in [0.15, 0.2) is 0 Å². The zero-order chi connectivity index (χ0) is 18.8. The van der Waals surface area contributed by atoms with E-state index in [1.165, 1.54) is 16.7 Å². The van der Waals surface area contributed by atoms with Crippen molar-refractivity contribution in [2.75, 3.05) is 19.7 Å². The van der Waals surface area contributed by atoms with Crippen LogP contribution in [-0.4, -0.2) is 42.6 Å². The molecule has 0 radical (unpaired) electrons. The smallest absolute Gasteiger partial charge is 0.224 e. The number of fused-ring (bicyclic) bond motifs is 1. The van der Waals surface area contributed by atoms with Gasteiger partial charge in [-0.1, -0.05) is 54.1 Å². The standard InChI is InChI=1S/C23H28N2O2/c1-16-8-9-17(2)19(10-16)11-23(26)24-20-12-21-15-27-22(14-25(21)13-20)18-6-4-3-5-7-18/h3-10,20-22H,11-15H2,1-2H3,(H,24,26)/t20-,21+,22-/m1/s1. The van der Waals surface area contributed by atoms with Gasteiger partial charge < -0.3 is 10.1 Å². The average Bonchev–Trinajstić information content (AvgIpc) is 3.06. The number of nitrogens with one attached hydrogen (secondary N) is 1. The first-order valence-corrected chi connectivity index (χ1v) is 9.84. The maximum atomic E-state index is 12.6. The van der Waals surface area contributed by atoms with Crippen LogP contribution in [0.2, 0.25) is 0 Å². The van der Waals surface area contributed by atoms with Gasteiger partial charge in [0, 0.05) is 25.2 Å². The minimum Gasteiger partial charge on any atom is -0.371 e. The minimum absolute atomic E-state index is 0.120. The number of carbonyl (C=O) groups excluding carboxylic acids is 1. The summed E-state index contributed by atoms with van der Waals surface area (Å²) in [5.41, 5.74) is 4.73. The van der Waals surface area contributed by atoms with E-state index in [-0.39, 0.29) is 18.1 Å². The van der Waals surface area contributed by atoms with Crippen molar-refractivity contribution < 1.29 is 9.53 Å². The third kappa shape index (κ3) is 4.23. The molecule has 3 atom stereocenters. The Balaban J connectivity index is 1.33. The molecule has 4 rings (SSSR count). The van der Waals surface area contributed by atoms with Gasteiger partial charge in [0.25, 0.3) is 0 Å². The molecular formula is C23H28N2O2. The van der Waals surface area contributed by atoms with Gasteiger partial charge in [-0.25, -0.2) is 0 Å². The zero-order valence-corrected chi connectivity index (χ0v) is 16.2. The van der Waals surface area contributed by atoms with Gasteiger partial charge in [0.05, 0.1) is 19.1 Å². The number of nitrogens with zero attached hydrogens (tertiary/aromatic N) is 1. The van der Waals surface area contributed by atoms with Crippen molar-refractivity contribution in [2.45, 2.75) is 44.9 Å². The SMILES string of the molecule is Cc1ccc(C)c(CC(=O)N[C@@H]2C[C@H]3CO[C@@H](c4ccccc4)CN3C2)c1. The van der Waals surface area contributed by atoms with Gasteiger partial charge in [0.2, 0.25) is 5.91 Å². The summed E-state index contributed by atoms with van der Waals surface area (Å²) >= 11 is 0. The summed E-state index contributed by atoms with van der Waals surface area (Å²) in [4.78, 5) is 15.0. The van der Waals surface area contributed by atoms with Gasteiger partial charge in [-0.2, -0.15) is 0 Å². The van der Waals surface area contributed by atoms with E-state index in [0.717, 1.165) is 31.7 Å². The highest BCUT2D eigenvalue weighted by Crippen LogP contribution is 2.30. The first-order valence-electron chi connectivity index (χ1n) is 9.84. The molecule has 0 aliphatic carbocycles. The van der Waals surface area contributed by atoms with E-state index >= 15 is 0 Å². The predicted octanol–water partition coefficient (Wildman–Crippen LogP) is 3.18. The Hall–Kier alpha value is -2.17. The van der Waals surface area contributed by atoms with Crippen LogP contribution in [0.3, 0.4) is 0 Å². The monoisotopic (exact) mass is 364 g/mol. The second-order valence-corrected chi connectivity index (χ2v) is 7.95. The number of aryl methyl sites for hydroxylation is 2. The normalized spacial score (nSPS) is 25.2. The van der Waals surface area contributed by atoms with Crippen molar-refractivity contribution in [1.29, 1.82) is 0 Å². The lowest BCUT2D eigenvalue weighted by Gasteiger charge is -2.35. The van der Waals surface area contributed by atoms with Crippen LogP contribution in [0.5, 0.6) is 0 Å². The van der Waals surface area contributed by atoms with Gasteiger partial charge in [-0.3, -0.25) is 9.69 Å². The van der Waals surface area contributed by atoms with E-state index in [1.807, 2.05) is 6.07 Å². The van der Waals surface area contributed by atoms with Crippen molar-refractivity contribution in [3.8, 4) is 0 Å². The Bertz CT molecular complexity index is 805. The van der Waals surface area contributed by atoms with Crippen molar-refractivity contribution >= 4 is 5.91 Å². The number of hydrogen-bond acceptors (Lipinski definition) is 3. The Morgan fingerprint density at radius 3 is 2.78 bits per heavy atom. The molecule has 0 spiro atoms. The van der Waals surface area contributed by atoms with E-state index in [1.54, 1.807) is 0 Å². The van der Waals surface area contributed by atoms with E-state index in [2.05, 4.69) is 66.5 Å². The molecule has 2 fully saturated rings. The molecule has 1 N–H and O–H groups in total. The fourth-order valence-corrected chi connectivity index (χ4v) is 4.29. The lowest BCUT2D eigenvalue weighted by molar-refractivity contribution is -0.121. The number of carbonyl (C=O) groups is 1. The Kier molecular flexibility index (Phi) is 5.28. The molecule has 4 nitrogen and oxygen atoms in total. The Morgan fingerprint density at radius 2 is 1.96 bits per heavy atom. The third-order valence-electron chi connectivity index (χ3n) is 5.81. The van der Waals surface area contributed by atoms with Gasteiger partial charge in [0.1, 0.15) is 0 Å². The van der Waals surface area contributed by atoms with E-state index < -0.39 is 0 Å². The van der Waals surface area contributed by atoms with Gasteiger partial charge in [-0.05, 0) is 37.0 Å². The molecule has 2 aromatic carbocycles. The van der Waals surface area contributed by atoms with E-state index in [4.69, 9.17) is 4.74 Å². The maximum Gasteiger partial charge on any atom is 0.224 e. The largest absolute Gasteiger partial charge is 0.371 e. The van der Waals surface area contributed by atoms with Crippen molar-refractivity contribution in [3.63, 3.8) is 0 Å². The molecule has 0 unspecified atom stereocenters. The van der Waals surface area contributed by atoms with E-state index in [0.29, 0.717) is 12.5 Å². The molecule has 0 aromatic heterocycles. The molecule has 2 aliphatic rings. The van der Waals surface area contributed by atoms with Crippen LogP contribution >= 0.6 is 0 Å². The van der Waals surface area contributed by atoms with Crippen LogP contribution in [-0.2, 0) is 16.0 Å². The van der Waals surface area contributed by atoms with Gasteiger partial charge in [-0.15, -0.1) is 0 Å². The summed E-state index contributed by atoms with van der Waals surface area (Å²) in [6.07, 6.45) is 1.56. The molecule has 0 saturated carbocycles. The summed E-state index contributed by atoms with van der Waals surface area (Å²) in [6, 6.07) is 17.3. The van der Waals surface area contributed by atoms with Crippen LogP contribution in [0.1, 0.15) is 34.8 Å². The van der Waals surface area contributed by atoms with Crippen LogP contribution < -0.4 is 5.32 Å². The first-order chi connectivity index (χ1) is 13.1. The van der Waals surface area contributed by atoms with E-state index in [9.17, 15) is 4.79 Å². The summed E-state index contributed by atoms with van der Waals surface area (Å²) in [5, 5.41) is 3.25. The van der Waals surface area contributed by atoms with Crippen molar-refractivity contribution in [1.82, 2.24) is 10.2 Å². The van der Waals surface area contributed by atoms with Crippen LogP contribution in [0, 0.1) is 13.8 Å². The summed E-state index contributed by atoms with van der Waals surface area (Å²) in [7, 11) is 0. The Morgan fingerprint density at radius 1 is 1.15 bits per heavy atom. The molecule has 27 heavy (non-hydrogen) atoms. The number of amides is 1. The molecule has 2 heterocycles. The quantitative estimate of drug-likeness (QED) is 0.906. The fraction of sp³-hybridized carbons (Fsp3) is 0.435. The van der Waals surface area contributed by atoms with Crippen LogP contribution in [0.4, 0.5) is 0 Å². The topological polar surface area (TPSA) is 41.6 Å². The summed E-state index contributed by atoms with van der Waals surface area (Å²) in [6.45, 7) is 6.69. The highest BCUT2D eigenvalue weighted by atomic mass is 16.5.